The van der Waals surface area contributed by atoms with Crippen molar-refractivity contribution >= 4 is 21.6 Å². The van der Waals surface area contributed by atoms with E-state index >= 15 is 0 Å². The molecule has 0 aromatic heterocycles. The van der Waals surface area contributed by atoms with Crippen LogP contribution in [0.25, 0.3) is 0 Å². The number of amides is 1. The van der Waals surface area contributed by atoms with Crippen molar-refractivity contribution in [2.75, 3.05) is 45.1 Å². The van der Waals surface area contributed by atoms with Gasteiger partial charge >= 0.3 is 0 Å². The van der Waals surface area contributed by atoms with Crippen LogP contribution in [-0.4, -0.2) is 63.3 Å². The fourth-order valence-corrected chi connectivity index (χ4v) is 4.60. The number of carbonyl (C=O) groups excluding carboxylic acids is 1. The number of benzene rings is 1. The third-order valence-corrected chi connectivity index (χ3v) is 7.31. The van der Waals surface area contributed by atoms with Gasteiger partial charge in [0, 0.05) is 38.4 Å². The molecule has 0 saturated carbocycles. The van der Waals surface area contributed by atoms with Gasteiger partial charge in [0.1, 0.15) is 0 Å². The number of hydrogen-bond donors (Lipinski definition) is 2. The van der Waals surface area contributed by atoms with Crippen LogP contribution in [0.2, 0.25) is 0 Å². The monoisotopic (exact) mass is 382 g/mol. The molecule has 0 spiro atoms. The van der Waals surface area contributed by atoms with Gasteiger partial charge in [0.25, 0.3) is 0 Å². The molecule has 1 aliphatic heterocycles. The largest absolute Gasteiger partial charge is 0.329 e. The lowest BCUT2D eigenvalue weighted by molar-refractivity contribution is -0.125. The maximum atomic E-state index is 12.9. The summed E-state index contributed by atoms with van der Waals surface area (Å²) in [5.41, 5.74) is 5.67. The molecule has 0 bridgehead atoms. The number of anilines is 1. The number of likely N-dealkylation sites (N-methyl/N-ethyl adjacent to an activating group) is 1. The second-order valence-corrected chi connectivity index (χ2v) is 8.82. The normalized spacial score (nSPS) is 17.2. The van der Waals surface area contributed by atoms with Crippen LogP contribution < -0.4 is 11.1 Å². The minimum Gasteiger partial charge on any atom is -0.329 e. The van der Waals surface area contributed by atoms with Gasteiger partial charge in [-0.1, -0.05) is 19.9 Å². The van der Waals surface area contributed by atoms with Crippen molar-refractivity contribution in [3.63, 3.8) is 0 Å². The van der Waals surface area contributed by atoms with Crippen LogP contribution in [0, 0.1) is 5.41 Å². The quantitative estimate of drug-likeness (QED) is 0.742. The van der Waals surface area contributed by atoms with Crippen molar-refractivity contribution in [3.8, 4) is 0 Å². The first kappa shape index (κ1) is 20.8. The van der Waals surface area contributed by atoms with E-state index in [1.165, 1.54) is 10.4 Å². The second-order valence-electron chi connectivity index (χ2n) is 6.88. The minimum absolute atomic E-state index is 0.167. The van der Waals surface area contributed by atoms with Crippen LogP contribution in [-0.2, 0) is 14.8 Å². The molecule has 3 N–H and O–H groups in total. The molecule has 1 heterocycles. The number of carbonyl (C=O) groups is 1. The molecule has 0 atom stereocenters. The summed E-state index contributed by atoms with van der Waals surface area (Å²) in [6.45, 7) is 6.48. The Kier molecular flexibility index (Phi) is 6.79. The zero-order chi connectivity index (χ0) is 19.4. The van der Waals surface area contributed by atoms with E-state index in [9.17, 15) is 13.2 Å². The molecule has 1 aliphatic rings. The predicted molar refractivity (Wildman–Crippen MR) is 103 cm³/mol. The highest BCUT2D eigenvalue weighted by molar-refractivity contribution is 7.89. The van der Waals surface area contributed by atoms with Crippen LogP contribution in [0.4, 0.5) is 5.69 Å². The van der Waals surface area contributed by atoms with E-state index in [0.29, 0.717) is 44.7 Å². The van der Waals surface area contributed by atoms with E-state index in [1.807, 2.05) is 20.9 Å². The Bertz CT molecular complexity index is 715. The summed E-state index contributed by atoms with van der Waals surface area (Å²) in [7, 11) is -1.59. The molecule has 0 radical (unpaired) electrons. The highest BCUT2D eigenvalue weighted by Gasteiger charge is 2.33. The van der Waals surface area contributed by atoms with Gasteiger partial charge in [-0.15, -0.1) is 0 Å². The van der Waals surface area contributed by atoms with Crippen LogP contribution in [0.5, 0.6) is 0 Å². The van der Waals surface area contributed by atoms with Crippen molar-refractivity contribution in [3.05, 3.63) is 24.3 Å². The van der Waals surface area contributed by atoms with Crippen molar-refractivity contribution in [2.45, 2.75) is 31.6 Å². The Morgan fingerprint density at radius 2 is 1.81 bits per heavy atom. The number of hydrogen-bond acceptors (Lipinski definition) is 5. The van der Waals surface area contributed by atoms with E-state index in [-0.39, 0.29) is 17.3 Å². The van der Waals surface area contributed by atoms with Gasteiger partial charge in [0.15, 0.2) is 0 Å². The molecule has 0 aliphatic carbocycles. The average molecular weight is 383 g/mol. The topological polar surface area (TPSA) is 95.7 Å². The third kappa shape index (κ3) is 4.25. The summed E-state index contributed by atoms with van der Waals surface area (Å²) in [6.07, 6.45) is 1.26. The SMILES string of the molecule is CCC(CC)(CN)C(=O)Nc1cccc(S(=O)(=O)N2CCN(C)CC2)c1. The average Bonchev–Trinajstić information content (AvgIpc) is 2.64. The molecule has 26 heavy (non-hydrogen) atoms. The lowest BCUT2D eigenvalue weighted by Crippen LogP contribution is -2.47. The van der Waals surface area contributed by atoms with Gasteiger partial charge in [0.2, 0.25) is 15.9 Å². The second kappa shape index (κ2) is 8.47. The third-order valence-electron chi connectivity index (χ3n) is 5.42. The van der Waals surface area contributed by atoms with Gasteiger partial charge in [-0.05, 0) is 38.1 Å². The first-order chi connectivity index (χ1) is 12.3. The van der Waals surface area contributed by atoms with E-state index in [4.69, 9.17) is 5.73 Å². The summed E-state index contributed by atoms with van der Waals surface area (Å²) in [5, 5.41) is 2.85. The number of nitrogens with one attached hydrogen (secondary N) is 1. The molecule has 146 valence electrons. The molecule has 1 fully saturated rings. The lowest BCUT2D eigenvalue weighted by Gasteiger charge is -2.31. The van der Waals surface area contributed by atoms with Crippen molar-refractivity contribution in [2.24, 2.45) is 11.1 Å². The van der Waals surface area contributed by atoms with Crippen LogP contribution in [0.1, 0.15) is 26.7 Å². The maximum absolute atomic E-state index is 12.9. The van der Waals surface area contributed by atoms with Gasteiger partial charge in [-0.3, -0.25) is 4.79 Å². The van der Waals surface area contributed by atoms with Crippen molar-refractivity contribution in [1.29, 1.82) is 0 Å². The van der Waals surface area contributed by atoms with Gasteiger partial charge in [0.05, 0.1) is 10.3 Å². The zero-order valence-electron chi connectivity index (χ0n) is 15.9. The summed E-state index contributed by atoms with van der Waals surface area (Å²) in [5.74, 6) is -0.167. The van der Waals surface area contributed by atoms with Crippen LogP contribution >= 0.6 is 0 Å². The standard InChI is InChI=1S/C18H30N4O3S/c1-4-18(5-2,14-19)17(23)20-15-7-6-8-16(13-15)26(24,25)22-11-9-21(3)10-12-22/h6-8,13H,4-5,9-12,14,19H2,1-3H3,(H,20,23). The molecular formula is C18H30N4O3S. The summed E-state index contributed by atoms with van der Waals surface area (Å²) < 4.78 is 27.2. The fourth-order valence-electron chi connectivity index (χ4n) is 3.13. The maximum Gasteiger partial charge on any atom is 0.243 e. The molecule has 8 heteroatoms. The van der Waals surface area contributed by atoms with E-state index in [2.05, 4.69) is 10.2 Å². The summed E-state index contributed by atoms with van der Waals surface area (Å²) >= 11 is 0. The molecule has 1 aromatic carbocycles. The molecule has 1 aromatic rings. The van der Waals surface area contributed by atoms with Gasteiger partial charge < -0.3 is 16.0 Å². The van der Waals surface area contributed by atoms with Crippen LogP contribution in [0.3, 0.4) is 0 Å². The van der Waals surface area contributed by atoms with Gasteiger partial charge in [-0.2, -0.15) is 4.31 Å². The number of nitrogens with two attached hydrogens (primary N) is 1. The molecule has 2 rings (SSSR count). The Hall–Kier alpha value is -1.48. The Labute approximate surface area is 156 Å². The fraction of sp³-hybridized carbons (Fsp3) is 0.611. The molecule has 1 saturated heterocycles. The zero-order valence-corrected chi connectivity index (χ0v) is 16.7. The highest BCUT2D eigenvalue weighted by atomic mass is 32.2. The van der Waals surface area contributed by atoms with E-state index in [1.54, 1.807) is 18.2 Å². The Morgan fingerprint density at radius 1 is 1.19 bits per heavy atom. The van der Waals surface area contributed by atoms with Crippen LogP contribution in [0.15, 0.2) is 29.2 Å². The minimum atomic E-state index is -3.57. The van der Waals surface area contributed by atoms with Crippen molar-refractivity contribution in [1.82, 2.24) is 9.21 Å². The first-order valence-corrected chi connectivity index (χ1v) is 10.5. The number of sulfonamides is 1. The van der Waals surface area contributed by atoms with E-state index in [0.717, 1.165) is 0 Å². The Morgan fingerprint density at radius 3 is 2.35 bits per heavy atom. The summed E-state index contributed by atoms with van der Waals surface area (Å²) in [6, 6.07) is 6.45. The smallest absolute Gasteiger partial charge is 0.243 e. The number of rotatable bonds is 7. The molecule has 7 nitrogen and oxygen atoms in total. The Balaban J connectivity index is 2.21. The predicted octanol–water partition coefficient (Wildman–Crippen LogP) is 1.33. The number of piperazine rings is 1. The first-order valence-electron chi connectivity index (χ1n) is 9.09. The highest BCUT2D eigenvalue weighted by Crippen LogP contribution is 2.28. The van der Waals surface area contributed by atoms with E-state index < -0.39 is 15.4 Å². The number of nitrogens with zero attached hydrogens (tertiary/aromatic N) is 2. The summed E-state index contributed by atoms with van der Waals surface area (Å²) in [4.78, 5) is 15.0. The van der Waals surface area contributed by atoms with Crippen molar-refractivity contribution < 1.29 is 13.2 Å². The van der Waals surface area contributed by atoms with Gasteiger partial charge in [-0.25, -0.2) is 8.42 Å². The molecule has 1 amide bonds. The molecular weight excluding hydrogens is 352 g/mol. The molecule has 0 unspecified atom stereocenters. The lowest BCUT2D eigenvalue weighted by atomic mass is 9.81.